The van der Waals surface area contributed by atoms with E-state index in [4.69, 9.17) is 9.47 Å². The Bertz CT molecular complexity index is 289. The Morgan fingerprint density at radius 3 is 2.33 bits per heavy atom. The van der Waals surface area contributed by atoms with Crippen molar-refractivity contribution >= 4 is 0 Å². The minimum absolute atomic E-state index is 0.523. The highest BCUT2D eigenvalue weighted by Crippen LogP contribution is 2.27. The third kappa shape index (κ3) is 1.01. The molecule has 0 spiro atoms. The van der Waals surface area contributed by atoms with Gasteiger partial charge < -0.3 is 9.47 Å². The van der Waals surface area contributed by atoms with E-state index in [1.807, 2.05) is 0 Å². The van der Waals surface area contributed by atoms with E-state index < -0.39 is 5.79 Å². The minimum Gasteiger partial charge on any atom is -0.450 e. The molecule has 4 heteroatoms. The average molecular weight is 164 g/mol. The fraction of sp³-hybridized carbons (Fsp3) is 0.250. The first-order valence-electron chi connectivity index (χ1n) is 3.59. The lowest BCUT2D eigenvalue weighted by atomic mass is 10.3. The van der Waals surface area contributed by atoms with Crippen LogP contribution in [0.15, 0.2) is 31.0 Å². The van der Waals surface area contributed by atoms with Gasteiger partial charge in [-0.05, 0) is 6.07 Å². The van der Waals surface area contributed by atoms with Crippen LogP contribution in [-0.2, 0) is 15.3 Å². The second-order valence-corrected chi connectivity index (χ2v) is 2.53. The van der Waals surface area contributed by atoms with E-state index in [1.165, 1.54) is 12.5 Å². The Morgan fingerprint density at radius 1 is 1.17 bits per heavy atom. The molecule has 0 fully saturated rings. The van der Waals surface area contributed by atoms with Gasteiger partial charge in [-0.3, -0.25) is 0 Å². The lowest BCUT2D eigenvalue weighted by Crippen LogP contribution is -2.25. The van der Waals surface area contributed by atoms with E-state index in [2.05, 4.69) is 9.97 Å². The van der Waals surface area contributed by atoms with Gasteiger partial charge in [0.15, 0.2) is 0 Å². The van der Waals surface area contributed by atoms with E-state index in [0.29, 0.717) is 5.82 Å². The zero-order valence-electron chi connectivity index (χ0n) is 6.60. The molecule has 0 radical (unpaired) electrons. The molecule has 12 heavy (non-hydrogen) atoms. The van der Waals surface area contributed by atoms with Crippen molar-refractivity contribution in [3.8, 4) is 0 Å². The molecule has 0 amide bonds. The number of hydrogen-bond donors (Lipinski definition) is 0. The predicted molar refractivity (Wildman–Crippen MR) is 40.7 cm³/mol. The van der Waals surface area contributed by atoms with Crippen LogP contribution in [-0.4, -0.2) is 9.97 Å². The predicted octanol–water partition coefficient (Wildman–Crippen LogP) is 1.17. The fourth-order valence-electron chi connectivity index (χ4n) is 0.982. The molecular formula is C8H8N2O2. The highest BCUT2D eigenvalue weighted by molar-refractivity contribution is 5.00. The molecule has 1 aromatic heterocycles. The van der Waals surface area contributed by atoms with Crippen LogP contribution in [0.2, 0.25) is 0 Å². The number of rotatable bonds is 1. The van der Waals surface area contributed by atoms with Crippen molar-refractivity contribution in [3.05, 3.63) is 36.8 Å². The molecule has 62 valence electrons. The minimum atomic E-state index is -0.846. The second kappa shape index (κ2) is 2.48. The van der Waals surface area contributed by atoms with E-state index in [9.17, 15) is 0 Å². The van der Waals surface area contributed by atoms with Gasteiger partial charge in [-0.1, -0.05) is 0 Å². The van der Waals surface area contributed by atoms with Crippen molar-refractivity contribution in [3.63, 3.8) is 0 Å². The van der Waals surface area contributed by atoms with Crippen LogP contribution in [0.4, 0.5) is 0 Å². The van der Waals surface area contributed by atoms with Crippen LogP contribution < -0.4 is 0 Å². The molecular weight excluding hydrogens is 156 g/mol. The molecule has 0 N–H and O–H groups in total. The number of ether oxygens (including phenoxy) is 2. The smallest absolute Gasteiger partial charge is 0.308 e. The van der Waals surface area contributed by atoms with E-state index >= 15 is 0 Å². The largest absolute Gasteiger partial charge is 0.450 e. The van der Waals surface area contributed by atoms with Crippen molar-refractivity contribution in [1.29, 1.82) is 0 Å². The Labute approximate surface area is 69.9 Å². The molecule has 1 aliphatic heterocycles. The van der Waals surface area contributed by atoms with Crippen LogP contribution >= 0.6 is 0 Å². The topological polar surface area (TPSA) is 44.2 Å². The normalized spacial score (nSPS) is 18.4. The average Bonchev–Trinajstić information content (AvgIpc) is 2.55. The molecule has 2 rings (SSSR count). The first-order chi connectivity index (χ1) is 5.81. The lowest BCUT2D eigenvalue weighted by molar-refractivity contribution is -0.139. The quantitative estimate of drug-likeness (QED) is 0.624. The third-order valence-electron chi connectivity index (χ3n) is 1.61. The summed E-state index contributed by atoms with van der Waals surface area (Å²) >= 11 is 0. The van der Waals surface area contributed by atoms with Crippen molar-refractivity contribution in [1.82, 2.24) is 9.97 Å². The first kappa shape index (κ1) is 7.09. The Morgan fingerprint density at radius 2 is 1.75 bits per heavy atom. The summed E-state index contributed by atoms with van der Waals surface area (Å²) in [5, 5.41) is 0. The Hall–Kier alpha value is -1.58. The van der Waals surface area contributed by atoms with E-state index in [1.54, 1.807) is 25.4 Å². The van der Waals surface area contributed by atoms with Gasteiger partial charge in [0.05, 0.1) is 0 Å². The van der Waals surface area contributed by atoms with Crippen molar-refractivity contribution in [2.24, 2.45) is 0 Å². The van der Waals surface area contributed by atoms with Gasteiger partial charge in [0.25, 0.3) is 0 Å². The van der Waals surface area contributed by atoms with Gasteiger partial charge in [-0.2, -0.15) is 0 Å². The maximum Gasteiger partial charge on any atom is 0.308 e. The van der Waals surface area contributed by atoms with Gasteiger partial charge in [0.2, 0.25) is 5.82 Å². The van der Waals surface area contributed by atoms with E-state index in [-0.39, 0.29) is 0 Å². The summed E-state index contributed by atoms with van der Waals surface area (Å²) in [6, 6.07) is 1.75. The van der Waals surface area contributed by atoms with Crippen molar-refractivity contribution in [2.45, 2.75) is 12.7 Å². The van der Waals surface area contributed by atoms with Gasteiger partial charge in [-0.25, -0.2) is 9.97 Å². The summed E-state index contributed by atoms with van der Waals surface area (Å²) in [6.07, 6.45) is 6.27. The third-order valence-corrected chi connectivity index (χ3v) is 1.61. The molecule has 2 heterocycles. The molecule has 4 nitrogen and oxygen atoms in total. The monoisotopic (exact) mass is 164 g/mol. The van der Waals surface area contributed by atoms with Crippen molar-refractivity contribution in [2.75, 3.05) is 0 Å². The maximum atomic E-state index is 5.20. The van der Waals surface area contributed by atoms with Crippen molar-refractivity contribution < 1.29 is 9.47 Å². The van der Waals surface area contributed by atoms with Crippen LogP contribution in [0.25, 0.3) is 0 Å². The zero-order valence-corrected chi connectivity index (χ0v) is 6.60. The summed E-state index contributed by atoms with van der Waals surface area (Å²) in [7, 11) is 0. The van der Waals surface area contributed by atoms with E-state index in [0.717, 1.165) is 0 Å². The summed E-state index contributed by atoms with van der Waals surface area (Å²) < 4.78 is 10.4. The van der Waals surface area contributed by atoms with Crippen LogP contribution in [0.5, 0.6) is 0 Å². The first-order valence-corrected chi connectivity index (χ1v) is 3.59. The molecule has 0 aliphatic carbocycles. The molecule has 0 saturated heterocycles. The van der Waals surface area contributed by atoms with Gasteiger partial charge in [0.1, 0.15) is 12.5 Å². The summed E-state index contributed by atoms with van der Waals surface area (Å²) in [6.45, 7) is 1.77. The standard InChI is InChI=1S/C8H8N2O2/c1-8(11-5-6-12-8)7-9-3-2-4-10-7/h2-6H,1H3. The van der Waals surface area contributed by atoms with Gasteiger partial charge in [-0.15, -0.1) is 0 Å². The SMILES string of the molecule is CC1(c2ncccn2)OC=CO1. The van der Waals surface area contributed by atoms with Gasteiger partial charge in [0, 0.05) is 19.3 Å². The highest BCUT2D eigenvalue weighted by Gasteiger charge is 2.34. The highest BCUT2D eigenvalue weighted by atomic mass is 16.7. The van der Waals surface area contributed by atoms with Gasteiger partial charge >= 0.3 is 5.79 Å². The van der Waals surface area contributed by atoms with Crippen LogP contribution in [0, 0.1) is 0 Å². The zero-order chi connectivity index (χ0) is 8.44. The molecule has 1 aromatic rings. The number of nitrogens with zero attached hydrogens (tertiary/aromatic N) is 2. The maximum absolute atomic E-state index is 5.20. The molecule has 1 aliphatic rings. The number of aromatic nitrogens is 2. The summed E-state index contributed by atoms with van der Waals surface area (Å²) in [4.78, 5) is 8.06. The molecule has 0 saturated carbocycles. The van der Waals surface area contributed by atoms with Crippen LogP contribution in [0.1, 0.15) is 12.7 Å². The second-order valence-electron chi connectivity index (χ2n) is 2.53. The number of hydrogen-bond acceptors (Lipinski definition) is 4. The molecule has 0 atom stereocenters. The Balaban J connectivity index is 2.31. The Kier molecular flexibility index (Phi) is 1.46. The summed E-state index contributed by atoms with van der Waals surface area (Å²) in [5.41, 5.74) is 0. The van der Waals surface area contributed by atoms with Crippen LogP contribution in [0.3, 0.4) is 0 Å². The summed E-state index contributed by atoms with van der Waals surface area (Å²) in [5.74, 6) is -0.323. The molecule has 0 bridgehead atoms. The molecule has 0 aromatic carbocycles. The fourth-order valence-corrected chi connectivity index (χ4v) is 0.982. The lowest BCUT2D eigenvalue weighted by Gasteiger charge is -2.20. The molecule has 0 unspecified atom stereocenters.